The van der Waals surface area contributed by atoms with E-state index in [4.69, 9.17) is 10.00 Å². The van der Waals surface area contributed by atoms with E-state index >= 15 is 0 Å². The third kappa shape index (κ3) is 2.32. The third-order valence-corrected chi connectivity index (χ3v) is 3.21. The molecule has 0 spiro atoms. The summed E-state index contributed by atoms with van der Waals surface area (Å²) in [5, 5.41) is 9.08. The van der Waals surface area contributed by atoms with Gasteiger partial charge in [0.15, 0.2) is 5.69 Å². The van der Waals surface area contributed by atoms with E-state index < -0.39 is 0 Å². The van der Waals surface area contributed by atoms with Gasteiger partial charge in [-0.15, -0.1) is 0 Å². The highest BCUT2D eigenvalue weighted by Crippen LogP contribution is 2.34. The number of ether oxygens (including phenoxy) is 1. The summed E-state index contributed by atoms with van der Waals surface area (Å²) in [5.74, 6) is 1.23. The van der Waals surface area contributed by atoms with Crippen molar-refractivity contribution in [3.63, 3.8) is 0 Å². The average Bonchev–Trinajstić information content (AvgIpc) is 2.85. The number of rotatable bonds is 3. The molecule has 2 rings (SSSR count). The quantitative estimate of drug-likeness (QED) is 0.914. The molecular weight excluding hydrogens is 238 g/mol. The number of H-pyrrole nitrogens is 1. The number of nitriles is 1. The minimum Gasteiger partial charge on any atom is -0.496 e. The minimum absolute atomic E-state index is 0.350. The summed E-state index contributed by atoms with van der Waals surface area (Å²) in [6.45, 7) is 6.24. The maximum absolute atomic E-state index is 9.08. The number of benzene rings is 1. The van der Waals surface area contributed by atoms with Crippen molar-refractivity contribution in [2.24, 2.45) is 0 Å². The van der Waals surface area contributed by atoms with Crippen molar-refractivity contribution in [3.05, 3.63) is 35.3 Å². The standard InChI is InChI=1S/C15H17N3O/c1-9(2)11-6-12(10(3)5-14(11)19-4)15-13(7-16)17-8-18-15/h5-6,8-9H,1-4H3,(H,17,18). The van der Waals surface area contributed by atoms with Crippen LogP contribution in [0.1, 0.15) is 36.6 Å². The first kappa shape index (κ1) is 13.2. The van der Waals surface area contributed by atoms with Crippen LogP contribution < -0.4 is 4.74 Å². The van der Waals surface area contributed by atoms with Gasteiger partial charge in [0.1, 0.15) is 11.8 Å². The molecule has 0 aliphatic heterocycles. The van der Waals surface area contributed by atoms with E-state index in [9.17, 15) is 0 Å². The summed E-state index contributed by atoms with van der Waals surface area (Å²) >= 11 is 0. The maximum atomic E-state index is 9.08. The van der Waals surface area contributed by atoms with Crippen molar-refractivity contribution >= 4 is 0 Å². The van der Waals surface area contributed by atoms with Gasteiger partial charge in [-0.1, -0.05) is 13.8 Å². The van der Waals surface area contributed by atoms with E-state index in [2.05, 4.69) is 36.0 Å². The highest BCUT2D eigenvalue weighted by atomic mass is 16.5. The Bertz CT molecular complexity index is 635. The van der Waals surface area contributed by atoms with E-state index in [1.165, 1.54) is 0 Å². The Morgan fingerprint density at radius 3 is 2.68 bits per heavy atom. The van der Waals surface area contributed by atoms with Gasteiger partial charge in [-0.3, -0.25) is 0 Å². The Labute approximate surface area is 113 Å². The van der Waals surface area contributed by atoms with Crippen molar-refractivity contribution < 1.29 is 4.74 Å². The molecule has 0 radical (unpaired) electrons. The molecule has 4 nitrogen and oxygen atoms in total. The molecule has 2 aromatic rings. The second-order valence-corrected chi connectivity index (χ2v) is 4.80. The Kier molecular flexibility index (Phi) is 3.57. The van der Waals surface area contributed by atoms with Crippen LogP contribution >= 0.6 is 0 Å². The van der Waals surface area contributed by atoms with E-state index in [0.717, 1.165) is 28.1 Å². The first-order chi connectivity index (χ1) is 9.08. The number of imidazole rings is 1. The molecule has 0 saturated carbocycles. The van der Waals surface area contributed by atoms with Crippen LogP contribution in [0, 0.1) is 18.3 Å². The van der Waals surface area contributed by atoms with Crippen molar-refractivity contribution in [2.45, 2.75) is 26.7 Å². The molecule has 0 saturated heterocycles. The topological polar surface area (TPSA) is 61.7 Å². The van der Waals surface area contributed by atoms with E-state index in [0.29, 0.717) is 11.6 Å². The second-order valence-electron chi connectivity index (χ2n) is 4.80. The second kappa shape index (κ2) is 5.15. The summed E-state index contributed by atoms with van der Waals surface area (Å²) in [6.07, 6.45) is 1.55. The number of hydrogen-bond acceptors (Lipinski definition) is 3. The minimum atomic E-state index is 0.350. The van der Waals surface area contributed by atoms with Gasteiger partial charge in [0.25, 0.3) is 0 Å². The van der Waals surface area contributed by atoms with Gasteiger partial charge in [-0.2, -0.15) is 5.26 Å². The predicted molar refractivity (Wildman–Crippen MR) is 74.1 cm³/mol. The Balaban J connectivity index is 2.65. The average molecular weight is 255 g/mol. The smallest absolute Gasteiger partial charge is 0.166 e. The van der Waals surface area contributed by atoms with Gasteiger partial charge in [-0.05, 0) is 36.1 Å². The fourth-order valence-electron chi connectivity index (χ4n) is 2.18. The van der Waals surface area contributed by atoms with Crippen molar-refractivity contribution in [1.29, 1.82) is 5.26 Å². The Morgan fingerprint density at radius 1 is 1.37 bits per heavy atom. The third-order valence-electron chi connectivity index (χ3n) is 3.21. The molecule has 4 heteroatoms. The van der Waals surface area contributed by atoms with Gasteiger partial charge in [0.05, 0.1) is 19.1 Å². The number of aryl methyl sites for hydroxylation is 1. The Hall–Kier alpha value is -2.28. The predicted octanol–water partition coefficient (Wildman–Crippen LogP) is 3.39. The molecule has 1 aromatic heterocycles. The molecule has 0 aliphatic carbocycles. The lowest BCUT2D eigenvalue weighted by Gasteiger charge is -2.15. The highest BCUT2D eigenvalue weighted by molar-refractivity contribution is 5.70. The van der Waals surface area contributed by atoms with E-state index in [-0.39, 0.29) is 0 Å². The van der Waals surface area contributed by atoms with Crippen LogP contribution in [0.4, 0.5) is 0 Å². The summed E-state index contributed by atoms with van der Waals surface area (Å²) in [6, 6.07) is 6.19. The molecule has 1 heterocycles. The van der Waals surface area contributed by atoms with Gasteiger partial charge in [0.2, 0.25) is 0 Å². The number of aromatic amines is 1. The molecule has 0 amide bonds. The molecule has 0 atom stereocenters. The van der Waals surface area contributed by atoms with Gasteiger partial charge < -0.3 is 9.72 Å². The highest BCUT2D eigenvalue weighted by Gasteiger charge is 2.15. The first-order valence-corrected chi connectivity index (χ1v) is 6.20. The van der Waals surface area contributed by atoms with Crippen LogP contribution in [0.3, 0.4) is 0 Å². The normalized spacial score (nSPS) is 10.5. The number of hydrogen-bond donors (Lipinski definition) is 1. The van der Waals surface area contributed by atoms with E-state index in [1.54, 1.807) is 13.4 Å². The molecule has 1 aromatic carbocycles. The van der Waals surface area contributed by atoms with Crippen LogP contribution in [-0.2, 0) is 0 Å². The monoisotopic (exact) mass is 255 g/mol. The van der Waals surface area contributed by atoms with Crippen LogP contribution in [0.5, 0.6) is 5.75 Å². The summed E-state index contributed by atoms with van der Waals surface area (Å²) < 4.78 is 5.43. The molecular formula is C15H17N3O. The summed E-state index contributed by atoms with van der Waals surface area (Å²) in [4.78, 5) is 7.06. The van der Waals surface area contributed by atoms with Crippen LogP contribution in [0.25, 0.3) is 11.3 Å². The van der Waals surface area contributed by atoms with Crippen LogP contribution in [0.15, 0.2) is 18.5 Å². The molecule has 0 aliphatic rings. The van der Waals surface area contributed by atoms with Gasteiger partial charge in [-0.25, -0.2) is 4.98 Å². The molecule has 0 fully saturated rings. The maximum Gasteiger partial charge on any atom is 0.166 e. The summed E-state index contributed by atoms with van der Waals surface area (Å²) in [5.41, 5.74) is 4.37. The SMILES string of the molecule is COc1cc(C)c(-c2[nH]cnc2C#N)cc1C(C)C. The number of nitrogens with zero attached hydrogens (tertiary/aromatic N) is 2. The largest absolute Gasteiger partial charge is 0.496 e. The molecule has 98 valence electrons. The lowest BCUT2D eigenvalue weighted by molar-refractivity contribution is 0.407. The zero-order valence-corrected chi connectivity index (χ0v) is 11.6. The lowest BCUT2D eigenvalue weighted by atomic mass is 9.94. The summed E-state index contributed by atoms with van der Waals surface area (Å²) in [7, 11) is 1.68. The van der Waals surface area contributed by atoms with Crippen LogP contribution in [0.2, 0.25) is 0 Å². The number of aromatic nitrogens is 2. The Morgan fingerprint density at radius 2 is 2.11 bits per heavy atom. The van der Waals surface area contributed by atoms with Crippen molar-refractivity contribution in [3.8, 4) is 23.1 Å². The molecule has 0 bridgehead atoms. The van der Waals surface area contributed by atoms with Crippen LogP contribution in [-0.4, -0.2) is 17.1 Å². The zero-order valence-electron chi connectivity index (χ0n) is 11.6. The first-order valence-electron chi connectivity index (χ1n) is 6.20. The fourth-order valence-corrected chi connectivity index (χ4v) is 2.18. The van der Waals surface area contributed by atoms with Crippen molar-refractivity contribution in [1.82, 2.24) is 9.97 Å². The van der Waals surface area contributed by atoms with Gasteiger partial charge in [0, 0.05) is 5.56 Å². The number of nitrogens with one attached hydrogen (secondary N) is 1. The van der Waals surface area contributed by atoms with Crippen molar-refractivity contribution in [2.75, 3.05) is 7.11 Å². The van der Waals surface area contributed by atoms with E-state index in [1.807, 2.05) is 13.0 Å². The molecule has 19 heavy (non-hydrogen) atoms. The molecule has 0 unspecified atom stereocenters. The zero-order chi connectivity index (χ0) is 14.0. The molecule has 1 N–H and O–H groups in total. The van der Waals surface area contributed by atoms with Gasteiger partial charge >= 0.3 is 0 Å². The number of methoxy groups -OCH3 is 1. The fraction of sp³-hybridized carbons (Fsp3) is 0.333. The lowest BCUT2D eigenvalue weighted by Crippen LogP contribution is -1.98.